The van der Waals surface area contributed by atoms with Gasteiger partial charge in [0, 0.05) is 31.3 Å². The highest BCUT2D eigenvalue weighted by molar-refractivity contribution is 5.64. The van der Waals surface area contributed by atoms with Crippen LogP contribution >= 0.6 is 0 Å². The largest absolute Gasteiger partial charge is 0.356 e. The Morgan fingerprint density at radius 1 is 1.00 bits per heavy atom. The number of nitrogens with one attached hydrogen (secondary N) is 1. The Balaban J connectivity index is 1.89. The molecule has 1 aromatic carbocycles. The summed E-state index contributed by atoms with van der Waals surface area (Å²) in [6, 6.07) is 12.5. The first-order valence-electron chi connectivity index (χ1n) is 9.30. The van der Waals surface area contributed by atoms with E-state index in [1.165, 1.54) is 32.1 Å². The summed E-state index contributed by atoms with van der Waals surface area (Å²) in [5, 5.41) is 3.40. The average molecular weight is 324 g/mol. The van der Waals surface area contributed by atoms with Crippen molar-refractivity contribution in [2.75, 3.05) is 29.9 Å². The van der Waals surface area contributed by atoms with Gasteiger partial charge in [0.25, 0.3) is 0 Å². The Bertz CT molecular complexity index is 619. The molecule has 0 atom stereocenters. The fourth-order valence-corrected chi connectivity index (χ4v) is 3.11. The van der Waals surface area contributed by atoms with E-state index in [-0.39, 0.29) is 0 Å². The molecule has 3 rings (SSSR count). The molecule has 2 aromatic rings. The van der Waals surface area contributed by atoms with Crippen molar-refractivity contribution in [3.8, 4) is 11.3 Å². The van der Waals surface area contributed by atoms with E-state index in [0.717, 1.165) is 49.1 Å². The molecule has 1 fully saturated rings. The molecule has 0 unspecified atom stereocenters. The molecular weight excluding hydrogens is 296 g/mol. The Labute approximate surface area is 145 Å². The molecule has 1 aliphatic rings. The van der Waals surface area contributed by atoms with Crippen LogP contribution in [0.25, 0.3) is 11.3 Å². The predicted octanol–water partition coefficient (Wildman–Crippen LogP) is 4.74. The van der Waals surface area contributed by atoms with Crippen molar-refractivity contribution >= 4 is 11.8 Å². The molecule has 4 nitrogen and oxygen atoms in total. The average Bonchev–Trinajstić information content (AvgIpc) is 2.92. The van der Waals surface area contributed by atoms with Crippen LogP contribution in [0.3, 0.4) is 0 Å². The molecular formula is C20H28N4. The van der Waals surface area contributed by atoms with Crippen molar-refractivity contribution in [3.63, 3.8) is 0 Å². The summed E-state index contributed by atoms with van der Waals surface area (Å²) in [6.45, 7) is 5.32. The third kappa shape index (κ3) is 4.47. The highest BCUT2D eigenvalue weighted by atomic mass is 15.2. The van der Waals surface area contributed by atoms with Gasteiger partial charge < -0.3 is 10.2 Å². The van der Waals surface area contributed by atoms with Crippen LogP contribution in [-0.2, 0) is 0 Å². The molecule has 0 spiro atoms. The Morgan fingerprint density at radius 2 is 1.75 bits per heavy atom. The van der Waals surface area contributed by atoms with E-state index in [0.29, 0.717) is 0 Å². The number of hydrogen-bond donors (Lipinski definition) is 1. The highest BCUT2D eigenvalue weighted by Crippen LogP contribution is 2.25. The monoisotopic (exact) mass is 324 g/mol. The molecule has 0 aliphatic carbocycles. The zero-order valence-corrected chi connectivity index (χ0v) is 14.7. The van der Waals surface area contributed by atoms with Crippen LogP contribution in [0.5, 0.6) is 0 Å². The van der Waals surface area contributed by atoms with Crippen molar-refractivity contribution in [3.05, 3.63) is 36.4 Å². The fraction of sp³-hybridized carbons (Fsp3) is 0.500. The van der Waals surface area contributed by atoms with Gasteiger partial charge in [0.15, 0.2) is 0 Å². The first-order chi connectivity index (χ1) is 11.9. The maximum absolute atomic E-state index is 4.80. The van der Waals surface area contributed by atoms with E-state index in [1.807, 2.05) is 6.07 Å². The van der Waals surface area contributed by atoms with E-state index in [1.54, 1.807) is 0 Å². The van der Waals surface area contributed by atoms with Crippen molar-refractivity contribution in [2.45, 2.75) is 45.4 Å². The molecule has 1 aliphatic heterocycles. The summed E-state index contributed by atoms with van der Waals surface area (Å²) >= 11 is 0. The van der Waals surface area contributed by atoms with Gasteiger partial charge in [-0.3, -0.25) is 0 Å². The van der Waals surface area contributed by atoms with E-state index >= 15 is 0 Å². The lowest BCUT2D eigenvalue weighted by Crippen LogP contribution is -2.25. The molecule has 0 bridgehead atoms. The second-order valence-electron chi connectivity index (χ2n) is 6.48. The molecule has 1 saturated heterocycles. The molecule has 2 heterocycles. The smallest absolute Gasteiger partial charge is 0.225 e. The van der Waals surface area contributed by atoms with Crippen molar-refractivity contribution < 1.29 is 0 Å². The van der Waals surface area contributed by atoms with E-state index in [4.69, 9.17) is 9.97 Å². The van der Waals surface area contributed by atoms with Crippen molar-refractivity contribution in [1.82, 2.24) is 9.97 Å². The van der Waals surface area contributed by atoms with E-state index in [2.05, 4.69) is 47.5 Å². The lowest BCUT2D eigenvalue weighted by molar-refractivity contribution is 0.726. The molecule has 128 valence electrons. The summed E-state index contributed by atoms with van der Waals surface area (Å²) in [6.07, 6.45) is 7.47. The van der Waals surface area contributed by atoms with Gasteiger partial charge in [-0.1, -0.05) is 56.5 Å². The van der Waals surface area contributed by atoms with Crippen LogP contribution in [0.4, 0.5) is 11.8 Å². The van der Waals surface area contributed by atoms with Gasteiger partial charge in [-0.25, -0.2) is 4.98 Å². The second-order valence-corrected chi connectivity index (χ2v) is 6.48. The maximum atomic E-state index is 4.80. The molecule has 4 heteroatoms. The number of rotatable bonds is 6. The lowest BCUT2D eigenvalue weighted by Gasteiger charge is -2.22. The quantitative estimate of drug-likeness (QED) is 0.780. The van der Waals surface area contributed by atoms with Crippen LogP contribution in [-0.4, -0.2) is 29.6 Å². The van der Waals surface area contributed by atoms with Crippen LogP contribution in [0, 0.1) is 0 Å². The van der Waals surface area contributed by atoms with Crippen molar-refractivity contribution in [1.29, 1.82) is 0 Å². The van der Waals surface area contributed by atoms with Crippen LogP contribution in [0.1, 0.15) is 45.4 Å². The van der Waals surface area contributed by atoms with Gasteiger partial charge in [-0.15, -0.1) is 0 Å². The molecule has 1 N–H and O–H groups in total. The maximum Gasteiger partial charge on any atom is 0.225 e. The predicted molar refractivity (Wildman–Crippen MR) is 102 cm³/mol. The first kappa shape index (κ1) is 16.7. The van der Waals surface area contributed by atoms with Crippen LogP contribution in [0.2, 0.25) is 0 Å². The highest BCUT2D eigenvalue weighted by Gasteiger charge is 2.14. The number of unbranched alkanes of at least 4 members (excludes halogenated alkanes) is 1. The third-order valence-electron chi connectivity index (χ3n) is 4.53. The summed E-state index contributed by atoms with van der Waals surface area (Å²) in [5.74, 6) is 1.81. The van der Waals surface area contributed by atoms with Gasteiger partial charge in [0.1, 0.15) is 5.82 Å². The second kappa shape index (κ2) is 8.67. The molecule has 1 aromatic heterocycles. The Hall–Kier alpha value is -2.10. The van der Waals surface area contributed by atoms with Crippen molar-refractivity contribution in [2.24, 2.45) is 0 Å². The molecule has 0 saturated carbocycles. The summed E-state index contributed by atoms with van der Waals surface area (Å²) < 4.78 is 0. The number of hydrogen-bond acceptors (Lipinski definition) is 4. The third-order valence-corrected chi connectivity index (χ3v) is 4.53. The van der Waals surface area contributed by atoms with E-state index in [9.17, 15) is 0 Å². The summed E-state index contributed by atoms with van der Waals surface area (Å²) in [5.41, 5.74) is 2.15. The van der Waals surface area contributed by atoms with Crippen LogP contribution < -0.4 is 10.2 Å². The standard InChI is InChI=1S/C20H28N4/c1-2-3-13-21-20-22-18(17-11-7-6-8-12-17)16-19(23-20)24-14-9-4-5-10-15-24/h6-8,11-12,16H,2-5,9-10,13-15H2,1H3,(H,21,22,23). The Kier molecular flexibility index (Phi) is 6.05. The first-order valence-corrected chi connectivity index (χ1v) is 9.30. The van der Waals surface area contributed by atoms with Gasteiger partial charge >= 0.3 is 0 Å². The topological polar surface area (TPSA) is 41.1 Å². The molecule has 24 heavy (non-hydrogen) atoms. The van der Waals surface area contributed by atoms with E-state index < -0.39 is 0 Å². The van der Waals surface area contributed by atoms with Gasteiger partial charge in [-0.2, -0.15) is 4.98 Å². The Morgan fingerprint density at radius 3 is 2.46 bits per heavy atom. The SMILES string of the molecule is CCCCNc1nc(-c2ccccc2)cc(N2CCCCCC2)n1. The minimum atomic E-state index is 0.754. The fourth-order valence-electron chi connectivity index (χ4n) is 3.11. The van der Waals surface area contributed by atoms with Gasteiger partial charge in [0.2, 0.25) is 5.95 Å². The number of aromatic nitrogens is 2. The van der Waals surface area contributed by atoms with Gasteiger partial charge in [-0.05, 0) is 19.3 Å². The number of benzene rings is 1. The zero-order valence-electron chi connectivity index (χ0n) is 14.7. The molecule has 0 radical (unpaired) electrons. The van der Waals surface area contributed by atoms with Crippen LogP contribution in [0.15, 0.2) is 36.4 Å². The normalized spacial score (nSPS) is 15.1. The lowest BCUT2D eigenvalue weighted by atomic mass is 10.1. The summed E-state index contributed by atoms with van der Waals surface area (Å²) in [4.78, 5) is 12.0. The zero-order chi connectivity index (χ0) is 16.6. The number of nitrogens with zero attached hydrogens (tertiary/aromatic N) is 3. The minimum Gasteiger partial charge on any atom is -0.356 e. The van der Waals surface area contributed by atoms with Gasteiger partial charge in [0.05, 0.1) is 5.69 Å². The molecule has 0 amide bonds. The number of anilines is 2. The summed E-state index contributed by atoms with van der Waals surface area (Å²) in [7, 11) is 0. The minimum absolute atomic E-state index is 0.754.